The van der Waals surface area contributed by atoms with Crippen molar-refractivity contribution in [1.29, 1.82) is 0 Å². The van der Waals surface area contributed by atoms with Crippen LogP contribution in [0.25, 0.3) is 0 Å². The fraction of sp³-hybridized carbons (Fsp3) is 0.250. The molecule has 0 radical (unpaired) electrons. The quantitative estimate of drug-likeness (QED) is 0.739. The fourth-order valence-corrected chi connectivity index (χ4v) is 1.95. The van der Waals surface area contributed by atoms with E-state index in [1.165, 1.54) is 0 Å². The zero-order chi connectivity index (χ0) is 8.48. The lowest BCUT2D eigenvalue weighted by atomic mass is 10.4. The third kappa shape index (κ3) is 2.55. The van der Waals surface area contributed by atoms with Gasteiger partial charge in [-0.2, -0.15) is 0 Å². The highest BCUT2D eigenvalue weighted by Crippen LogP contribution is 2.44. The zero-order valence-corrected chi connectivity index (χ0v) is 9.06. The van der Waals surface area contributed by atoms with E-state index in [2.05, 4.69) is 15.9 Å². The first kappa shape index (κ1) is 9.18. The maximum Gasteiger partial charge on any atom is 0.168 e. The summed E-state index contributed by atoms with van der Waals surface area (Å²) in [5.41, 5.74) is 0. The number of hydrogen-bond donors (Lipinski definition) is 1. The number of hydrogen-bond acceptors (Lipinski definition) is 1. The van der Waals surface area contributed by atoms with Crippen molar-refractivity contribution in [3.8, 4) is 0 Å². The number of benzene rings is 1. The van der Waals surface area contributed by atoms with Crippen LogP contribution in [0.3, 0.4) is 0 Å². The van der Waals surface area contributed by atoms with Gasteiger partial charge in [-0.25, -0.2) is 4.89 Å². The van der Waals surface area contributed by atoms with Gasteiger partial charge in [0.1, 0.15) is 5.30 Å². The summed E-state index contributed by atoms with van der Waals surface area (Å²) in [5.74, 6) is 0. The molecule has 0 aromatic heterocycles. The summed E-state index contributed by atoms with van der Waals surface area (Å²) in [6, 6.07) is 7.82. The third-order valence-electron chi connectivity index (χ3n) is 1.46. The molecule has 11 heavy (non-hydrogen) atoms. The van der Waals surface area contributed by atoms with Gasteiger partial charge >= 0.3 is 0 Å². The van der Waals surface area contributed by atoms with E-state index < -0.39 is 7.49 Å². The summed E-state index contributed by atoms with van der Waals surface area (Å²) in [6.45, 7) is 3.77. The molecule has 0 unspecified atom stereocenters. The molecule has 3 heteroatoms. The minimum absolute atomic E-state index is 1.04. The average molecular weight is 234 g/mol. The maximum atomic E-state index is 9.68. The lowest BCUT2D eigenvalue weighted by Crippen LogP contribution is -2.06. The molecule has 0 fully saturated rings. The molecule has 1 rings (SSSR count). The van der Waals surface area contributed by atoms with Gasteiger partial charge in [-0.3, -0.25) is 0 Å². The van der Waals surface area contributed by atoms with E-state index in [9.17, 15) is 4.89 Å². The highest BCUT2D eigenvalue weighted by molar-refractivity contribution is 9.10. The van der Waals surface area contributed by atoms with Crippen LogP contribution in [0.5, 0.6) is 0 Å². The van der Waals surface area contributed by atoms with Crippen LogP contribution >= 0.6 is 23.4 Å². The Kier molecular flexibility index (Phi) is 2.69. The predicted octanol–water partition coefficient (Wildman–Crippen LogP) is 2.26. The molecule has 0 amide bonds. The van der Waals surface area contributed by atoms with E-state index in [1.54, 1.807) is 0 Å². The van der Waals surface area contributed by atoms with Crippen LogP contribution in [-0.2, 0) is 0 Å². The van der Waals surface area contributed by atoms with Gasteiger partial charge in [0.05, 0.1) is 13.3 Å². The first-order valence-electron chi connectivity index (χ1n) is 3.33. The Morgan fingerprint density at radius 3 is 2.00 bits per heavy atom. The Bertz CT molecular complexity index is 237. The molecular formula is C8H11BrOP+. The summed E-state index contributed by atoms with van der Waals surface area (Å²) < 4.78 is 1.05. The number of rotatable bonds is 1. The second-order valence-corrected chi connectivity index (χ2v) is 7.09. The van der Waals surface area contributed by atoms with Crippen molar-refractivity contribution in [1.82, 2.24) is 0 Å². The van der Waals surface area contributed by atoms with Crippen LogP contribution in [0.15, 0.2) is 28.7 Å². The third-order valence-corrected chi connectivity index (χ3v) is 3.55. The number of halogens is 1. The van der Waals surface area contributed by atoms with E-state index in [1.807, 2.05) is 37.6 Å². The molecular weight excluding hydrogens is 223 g/mol. The van der Waals surface area contributed by atoms with Crippen LogP contribution in [0.1, 0.15) is 0 Å². The molecule has 0 aliphatic heterocycles. The Hall–Kier alpha value is 0.0900. The van der Waals surface area contributed by atoms with Gasteiger partial charge in [0, 0.05) is 4.47 Å². The smallest absolute Gasteiger partial charge is 0.168 e. The Balaban J connectivity index is 2.99. The van der Waals surface area contributed by atoms with Crippen LogP contribution < -0.4 is 5.30 Å². The van der Waals surface area contributed by atoms with E-state index in [0.29, 0.717) is 0 Å². The van der Waals surface area contributed by atoms with Crippen molar-refractivity contribution in [2.75, 3.05) is 13.3 Å². The maximum absolute atomic E-state index is 9.68. The molecule has 0 heterocycles. The SMILES string of the molecule is C[P+](C)(O)c1ccc(Br)cc1. The average Bonchev–Trinajstić information content (AvgIpc) is 1.86. The Labute approximate surface area is 76.0 Å². The molecule has 1 N–H and O–H groups in total. The monoisotopic (exact) mass is 233 g/mol. The topological polar surface area (TPSA) is 20.2 Å². The molecule has 0 spiro atoms. The highest BCUT2D eigenvalue weighted by atomic mass is 79.9. The van der Waals surface area contributed by atoms with Crippen molar-refractivity contribution in [3.05, 3.63) is 28.7 Å². The molecule has 1 aromatic carbocycles. The molecule has 0 aliphatic rings. The Morgan fingerprint density at radius 2 is 1.64 bits per heavy atom. The lowest BCUT2D eigenvalue weighted by molar-refractivity contribution is 0.625. The second kappa shape index (κ2) is 3.22. The first-order chi connectivity index (χ1) is 5.00. The van der Waals surface area contributed by atoms with Crippen LogP contribution in [-0.4, -0.2) is 18.2 Å². The summed E-state index contributed by atoms with van der Waals surface area (Å²) in [6.07, 6.45) is 0. The minimum Gasteiger partial charge on any atom is -0.247 e. The summed E-state index contributed by atoms with van der Waals surface area (Å²) in [7, 11) is -1.81. The lowest BCUT2D eigenvalue weighted by Gasteiger charge is -2.07. The molecule has 60 valence electrons. The zero-order valence-electron chi connectivity index (χ0n) is 6.58. The predicted molar refractivity (Wildman–Crippen MR) is 54.8 cm³/mol. The summed E-state index contributed by atoms with van der Waals surface area (Å²) in [5, 5.41) is 1.04. The van der Waals surface area contributed by atoms with E-state index >= 15 is 0 Å². The van der Waals surface area contributed by atoms with Gasteiger partial charge < -0.3 is 0 Å². The van der Waals surface area contributed by atoms with E-state index in [0.717, 1.165) is 9.78 Å². The van der Waals surface area contributed by atoms with Crippen molar-refractivity contribution in [3.63, 3.8) is 0 Å². The van der Waals surface area contributed by atoms with Gasteiger partial charge in [-0.1, -0.05) is 15.9 Å². The summed E-state index contributed by atoms with van der Waals surface area (Å²) >= 11 is 3.34. The molecule has 1 nitrogen and oxygen atoms in total. The second-order valence-electron chi connectivity index (χ2n) is 2.87. The molecule has 0 saturated heterocycles. The standard InChI is InChI=1S/C8H11BrOP/c1-11(2,10)8-5-3-7(9)4-6-8/h3-6,10H,1-2H3/q+1. The van der Waals surface area contributed by atoms with E-state index in [-0.39, 0.29) is 0 Å². The van der Waals surface area contributed by atoms with Crippen LogP contribution in [0, 0.1) is 0 Å². The van der Waals surface area contributed by atoms with Gasteiger partial charge in [0.25, 0.3) is 0 Å². The normalized spacial score (nSPS) is 11.6. The first-order valence-corrected chi connectivity index (χ1v) is 6.76. The van der Waals surface area contributed by atoms with Gasteiger partial charge in [0.2, 0.25) is 0 Å². The van der Waals surface area contributed by atoms with Gasteiger partial charge in [-0.15, -0.1) is 0 Å². The van der Waals surface area contributed by atoms with Crippen LogP contribution in [0.2, 0.25) is 0 Å². The van der Waals surface area contributed by atoms with Crippen LogP contribution in [0.4, 0.5) is 0 Å². The van der Waals surface area contributed by atoms with Crippen molar-refractivity contribution in [2.45, 2.75) is 0 Å². The molecule has 0 saturated carbocycles. The van der Waals surface area contributed by atoms with Crippen molar-refractivity contribution < 1.29 is 4.89 Å². The van der Waals surface area contributed by atoms with Crippen molar-refractivity contribution in [2.24, 2.45) is 0 Å². The van der Waals surface area contributed by atoms with Gasteiger partial charge in [0.15, 0.2) is 7.49 Å². The fourth-order valence-electron chi connectivity index (χ4n) is 0.806. The molecule has 0 aliphatic carbocycles. The van der Waals surface area contributed by atoms with Gasteiger partial charge in [-0.05, 0) is 24.3 Å². The highest BCUT2D eigenvalue weighted by Gasteiger charge is 2.24. The largest absolute Gasteiger partial charge is 0.247 e. The molecule has 0 atom stereocenters. The summed E-state index contributed by atoms with van der Waals surface area (Å²) in [4.78, 5) is 9.68. The minimum atomic E-state index is -1.81. The van der Waals surface area contributed by atoms with Crippen molar-refractivity contribution >= 4 is 28.7 Å². The Morgan fingerprint density at radius 1 is 1.18 bits per heavy atom. The molecule has 1 aromatic rings. The molecule has 0 bridgehead atoms. The van der Waals surface area contributed by atoms with E-state index in [4.69, 9.17) is 0 Å².